The van der Waals surface area contributed by atoms with Crippen LogP contribution in [0, 0.1) is 10.1 Å². The standard InChI is InChI=1S/C4H2ClNO4S2/c5-4-2(6(7)8)1-3(11-4)12(9)10/h1H,(H,9,10). The van der Waals surface area contributed by atoms with Crippen molar-refractivity contribution >= 4 is 39.7 Å². The molecule has 0 spiro atoms. The molecule has 0 radical (unpaired) electrons. The number of hydrogen-bond donors (Lipinski definition) is 1. The molecule has 0 bridgehead atoms. The molecule has 5 nitrogen and oxygen atoms in total. The second kappa shape index (κ2) is 3.48. The molecule has 0 saturated heterocycles. The smallest absolute Gasteiger partial charge is 0.300 e. The van der Waals surface area contributed by atoms with E-state index in [0.29, 0.717) is 0 Å². The second-order valence-electron chi connectivity index (χ2n) is 1.73. The van der Waals surface area contributed by atoms with E-state index in [1.165, 1.54) is 0 Å². The van der Waals surface area contributed by atoms with Crippen molar-refractivity contribution in [1.82, 2.24) is 0 Å². The lowest BCUT2D eigenvalue weighted by Gasteiger charge is -1.82. The van der Waals surface area contributed by atoms with Gasteiger partial charge in [-0.2, -0.15) is 0 Å². The first-order valence-electron chi connectivity index (χ1n) is 2.57. The van der Waals surface area contributed by atoms with Gasteiger partial charge in [0.05, 0.1) is 4.92 Å². The van der Waals surface area contributed by atoms with Crippen LogP contribution in [-0.2, 0) is 11.1 Å². The summed E-state index contributed by atoms with van der Waals surface area (Å²) >= 11 is 3.93. The fourth-order valence-electron chi connectivity index (χ4n) is 0.549. The van der Waals surface area contributed by atoms with Crippen molar-refractivity contribution < 1.29 is 13.7 Å². The maximum atomic E-state index is 10.4. The van der Waals surface area contributed by atoms with Gasteiger partial charge >= 0.3 is 0 Å². The zero-order chi connectivity index (χ0) is 9.30. The van der Waals surface area contributed by atoms with Crippen LogP contribution < -0.4 is 0 Å². The Morgan fingerprint density at radius 2 is 2.33 bits per heavy atom. The molecule has 0 aliphatic rings. The van der Waals surface area contributed by atoms with Gasteiger partial charge in [-0.3, -0.25) is 10.1 Å². The molecule has 8 heteroatoms. The first-order chi connectivity index (χ1) is 5.52. The van der Waals surface area contributed by atoms with E-state index in [1.54, 1.807) is 0 Å². The third-order valence-electron chi connectivity index (χ3n) is 1.01. The van der Waals surface area contributed by atoms with Crippen molar-refractivity contribution in [2.24, 2.45) is 0 Å². The maximum absolute atomic E-state index is 10.4. The molecule has 0 aliphatic heterocycles. The fourth-order valence-corrected chi connectivity index (χ4v) is 2.39. The molecular weight excluding hydrogens is 226 g/mol. The van der Waals surface area contributed by atoms with E-state index in [4.69, 9.17) is 16.2 Å². The van der Waals surface area contributed by atoms with Gasteiger partial charge in [-0.25, -0.2) is 4.21 Å². The number of nitrogens with zero attached hydrogens (tertiary/aromatic N) is 1. The molecule has 12 heavy (non-hydrogen) atoms. The predicted molar refractivity (Wildman–Crippen MR) is 45.0 cm³/mol. The Hall–Kier alpha value is -0.500. The third kappa shape index (κ3) is 1.81. The summed E-state index contributed by atoms with van der Waals surface area (Å²) in [6.07, 6.45) is 0. The van der Waals surface area contributed by atoms with Crippen LogP contribution in [0.15, 0.2) is 10.3 Å². The van der Waals surface area contributed by atoms with Crippen LogP contribution in [-0.4, -0.2) is 13.7 Å². The van der Waals surface area contributed by atoms with Crippen LogP contribution in [0.1, 0.15) is 0 Å². The van der Waals surface area contributed by atoms with E-state index in [-0.39, 0.29) is 14.2 Å². The largest absolute Gasteiger partial charge is 0.302 e. The van der Waals surface area contributed by atoms with Gasteiger partial charge in [0.1, 0.15) is 4.21 Å². The molecular formula is C4H2ClNO4S2. The Kier molecular flexibility index (Phi) is 2.78. The Morgan fingerprint density at radius 3 is 2.58 bits per heavy atom. The topological polar surface area (TPSA) is 80.4 Å². The molecule has 1 N–H and O–H groups in total. The summed E-state index contributed by atoms with van der Waals surface area (Å²) in [6.45, 7) is 0. The Bertz CT molecular complexity index is 349. The zero-order valence-corrected chi connectivity index (χ0v) is 7.78. The van der Waals surface area contributed by atoms with Crippen LogP contribution in [0.3, 0.4) is 0 Å². The average Bonchev–Trinajstić information content (AvgIpc) is 2.30. The second-order valence-corrected chi connectivity index (χ2v) is 4.58. The molecule has 1 unspecified atom stereocenters. The van der Waals surface area contributed by atoms with Gasteiger partial charge in [-0.15, -0.1) is 11.3 Å². The minimum Gasteiger partial charge on any atom is -0.302 e. The van der Waals surface area contributed by atoms with Crippen molar-refractivity contribution in [2.75, 3.05) is 0 Å². The summed E-state index contributed by atoms with van der Waals surface area (Å²) in [7, 11) is 0. The minimum absolute atomic E-state index is 0.0216. The van der Waals surface area contributed by atoms with Crippen molar-refractivity contribution in [3.8, 4) is 0 Å². The van der Waals surface area contributed by atoms with Crippen molar-refractivity contribution in [1.29, 1.82) is 0 Å². The van der Waals surface area contributed by atoms with Gasteiger partial charge in [0.15, 0.2) is 15.4 Å². The van der Waals surface area contributed by atoms with Crippen LogP contribution in [0.2, 0.25) is 4.34 Å². The number of thiophene rings is 1. The van der Waals surface area contributed by atoms with E-state index in [2.05, 4.69) is 0 Å². The van der Waals surface area contributed by atoms with Crippen LogP contribution in [0.4, 0.5) is 5.69 Å². The van der Waals surface area contributed by atoms with Gasteiger partial charge in [0, 0.05) is 6.07 Å². The molecule has 66 valence electrons. The molecule has 1 aromatic heterocycles. The zero-order valence-electron chi connectivity index (χ0n) is 5.39. The molecule has 0 aliphatic carbocycles. The lowest BCUT2D eigenvalue weighted by Crippen LogP contribution is -1.85. The predicted octanol–water partition coefficient (Wildman–Crippen LogP) is 1.89. The first-order valence-corrected chi connectivity index (χ1v) is 4.87. The van der Waals surface area contributed by atoms with E-state index in [1.807, 2.05) is 0 Å². The summed E-state index contributed by atoms with van der Waals surface area (Å²) in [6, 6.07) is 0.989. The van der Waals surface area contributed by atoms with Gasteiger partial charge in [-0.1, -0.05) is 11.6 Å². The van der Waals surface area contributed by atoms with Gasteiger partial charge in [0.2, 0.25) is 0 Å². The van der Waals surface area contributed by atoms with E-state index in [0.717, 1.165) is 17.4 Å². The highest BCUT2D eigenvalue weighted by Crippen LogP contribution is 2.34. The molecule has 1 rings (SSSR count). The summed E-state index contributed by atoms with van der Waals surface area (Å²) in [5.41, 5.74) is -0.334. The van der Waals surface area contributed by atoms with Crippen LogP contribution >= 0.6 is 22.9 Å². The normalized spacial score (nSPS) is 12.8. The van der Waals surface area contributed by atoms with Crippen molar-refractivity contribution in [2.45, 2.75) is 4.21 Å². The van der Waals surface area contributed by atoms with Gasteiger partial charge in [-0.05, 0) is 0 Å². The highest BCUT2D eigenvalue weighted by molar-refractivity contribution is 7.81. The molecule has 0 fully saturated rings. The molecule has 0 amide bonds. The third-order valence-corrected chi connectivity index (χ3v) is 3.29. The summed E-state index contributed by atoms with van der Waals surface area (Å²) in [5.74, 6) is 0. The van der Waals surface area contributed by atoms with Crippen molar-refractivity contribution in [3.63, 3.8) is 0 Å². The quantitative estimate of drug-likeness (QED) is 0.475. The number of nitro groups is 1. The highest BCUT2D eigenvalue weighted by Gasteiger charge is 2.19. The van der Waals surface area contributed by atoms with Gasteiger partial charge < -0.3 is 4.55 Å². The van der Waals surface area contributed by atoms with Crippen LogP contribution in [0.25, 0.3) is 0 Å². The molecule has 1 aromatic rings. The lowest BCUT2D eigenvalue weighted by atomic mass is 10.6. The minimum atomic E-state index is -2.21. The molecule has 0 aromatic carbocycles. The van der Waals surface area contributed by atoms with E-state index < -0.39 is 16.0 Å². The molecule has 0 saturated carbocycles. The van der Waals surface area contributed by atoms with Crippen LogP contribution in [0.5, 0.6) is 0 Å². The number of rotatable bonds is 2. The lowest BCUT2D eigenvalue weighted by molar-refractivity contribution is -0.384. The Morgan fingerprint density at radius 1 is 1.75 bits per heavy atom. The van der Waals surface area contributed by atoms with E-state index >= 15 is 0 Å². The summed E-state index contributed by atoms with van der Waals surface area (Å²) < 4.78 is 18.9. The SMILES string of the molecule is O=[N+]([O-])c1cc(S(=O)O)sc1Cl. The summed E-state index contributed by atoms with van der Waals surface area (Å²) in [5, 5.41) is 10.2. The van der Waals surface area contributed by atoms with Crippen molar-refractivity contribution in [3.05, 3.63) is 20.5 Å². The average molecular weight is 228 g/mol. The first kappa shape index (κ1) is 9.59. The van der Waals surface area contributed by atoms with E-state index in [9.17, 15) is 14.3 Å². The number of halogens is 1. The monoisotopic (exact) mass is 227 g/mol. The maximum Gasteiger partial charge on any atom is 0.300 e. The molecule has 1 atom stereocenters. The Labute approximate surface area is 78.4 Å². The highest BCUT2D eigenvalue weighted by atomic mass is 35.5. The Balaban J connectivity index is 3.17. The summed E-state index contributed by atoms with van der Waals surface area (Å²) in [4.78, 5) is 9.51. The molecule has 1 heterocycles. The van der Waals surface area contributed by atoms with Gasteiger partial charge in [0.25, 0.3) is 5.69 Å². The number of hydrogen-bond acceptors (Lipinski definition) is 4. The fraction of sp³-hybridized carbons (Fsp3) is 0.